The maximum atomic E-state index is 13.4. The fraction of sp³-hybridized carbons (Fsp3) is 0.375. The van der Waals surface area contributed by atoms with Crippen molar-refractivity contribution in [1.82, 2.24) is 9.78 Å². The summed E-state index contributed by atoms with van der Waals surface area (Å²) >= 11 is 0. The summed E-state index contributed by atoms with van der Waals surface area (Å²) in [7, 11) is 1.53. The van der Waals surface area contributed by atoms with E-state index in [4.69, 9.17) is 9.47 Å². The van der Waals surface area contributed by atoms with Gasteiger partial charge in [0.1, 0.15) is 11.7 Å². The van der Waals surface area contributed by atoms with Gasteiger partial charge in [-0.15, -0.1) is 0 Å². The SMILES string of the molecule is COc1ccc(Cn2ncc3c2C(C(F)(F)F)CCC(=O)O3)cc1. The highest BCUT2D eigenvalue weighted by atomic mass is 19.4. The molecule has 1 unspecified atom stereocenters. The van der Waals surface area contributed by atoms with Crippen molar-refractivity contribution in [1.29, 1.82) is 0 Å². The predicted octanol–water partition coefficient (Wildman–Crippen LogP) is 3.29. The Morgan fingerprint density at radius 2 is 2.04 bits per heavy atom. The van der Waals surface area contributed by atoms with Crippen LogP contribution in [0.3, 0.4) is 0 Å². The van der Waals surface area contributed by atoms with Gasteiger partial charge in [0.05, 0.1) is 25.5 Å². The summed E-state index contributed by atoms with van der Waals surface area (Å²) in [5, 5.41) is 3.98. The van der Waals surface area contributed by atoms with E-state index in [1.165, 1.54) is 18.0 Å². The molecule has 1 aromatic heterocycles. The largest absolute Gasteiger partial charge is 0.497 e. The summed E-state index contributed by atoms with van der Waals surface area (Å²) < 4.78 is 51.5. The number of fused-ring (bicyclic) bond motifs is 1. The number of alkyl halides is 3. The maximum absolute atomic E-state index is 13.4. The van der Waals surface area contributed by atoms with Crippen molar-refractivity contribution in [2.75, 3.05) is 7.11 Å². The molecule has 0 aliphatic carbocycles. The third-order valence-electron chi connectivity index (χ3n) is 3.92. The number of hydrogen-bond donors (Lipinski definition) is 0. The lowest BCUT2D eigenvalue weighted by atomic mass is 9.99. The summed E-state index contributed by atoms with van der Waals surface area (Å²) in [6.07, 6.45) is -3.92. The van der Waals surface area contributed by atoms with E-state index in [-0.39, 0.29) is 30.8 Å². The molecule has 0 radical (unpaired) electrons. The Morgan fingerprint density at radius 3 is 2.67 bits per heavy atom. The molecule has 0 amide bonds. The zero-order valence-corrected chi connectivity index (χ0v) is 12.8. The molecule has 1 aliphatic rings. The van der Waals surface area contributed by atoms with Gasteiger partial charge in [-0.2, -0.15) is 18.3 Å². The molecular weight excluding hydrogens is 325 g/mol. The number of hydrogen-bond acceptors (Lipinski definition) is 4. The number of carbonyl (C=O) groups is 1. The van der Waals surface area contributed by atoms with Gasteiger partial charge < -0.3 is 9.47 Å². The Balaban J connectivity index is 1.96. The average Bonchev–Trinajstić information content (AvgIpc) is 2.80. The lowest BCUT2D eigenvalue weighted by molar-refractivity contribution is -0.153. The summed E-state index contributed by atoms with van der Waals surface area (Å²) in [4.78, 5) is 11.5. The Labute approximate surface area is 136 Å². The van der Waals surface area contributed by atoms with Crippen LogP contribution in [0.1, 0.15) is 30.0 Å². The van der Waals surface area contributed by atoms with E-state index < -0.39 is 18.1 Å². The van der Waals surface area contributed by atoms with Gasteiger partial charge in [0, 0.05) is 6.42 Å². The smallest absolute Gasteiger partial charge is 0.397 e. The number of aromatic nitrogens is 2. The van der Waals surface area contributed by atoms with E-state index in [0.29, 0.717) is 5.75 Å². The van der Waals surface area contributed by atoms with Crippen molar-refractivity contribution in [3.8, 4) is 11.5 Å². The Morgan fingerprint density at radius 1 is 1.33 bits per heavy atom. The van der Waals surface area contributed by atoms with Gasteiger partial charge in [0.15, 0.2) is 5.75 Å². The van der Waals surface area contributed by atoms with Crippen molar-refractivity contribution in [2.24, 2.45) is 0 Å². The Bertz CT molecular complexity index is 738. The van der Waals surface area contributed by atoms with Crippen LogP contribution in [-0.2, 0) is 11.3 Å². The quantitative estimate of drug-likeness (QED) is 0.805. The van der Waals surface area contributed by atoms with Crippen LogP contribution in [-0.4, -0.2) is 29.0 Å². The van der Waals surface area contributed by atoms with Gasteiger partial charge in [0.25, 0.3) is 0 Å². The number of carbonyl (C=O) groups excluding carboxylic acids is 1. The number of esters is 1. The number of benzene rings is 1. The van der Waals surface area contributed by atoms with Crippen molar-refractivity contribution >= 4 is 5.97 Å². The van der Waals surface area contributed by atoms with Gasteiger partial charge >= 0.3 is 12.1 Å². The molecule has 0 saturated heterocycles. The zero-order chi connectivity index (χ0) is 17.3. The van der Waals surface area contributed by atoms with E-state index in [1.54, 1.807) is 24.3 Å². The second-order valence-corrected chi connectivity index (χ2v) is 5.51. The number of methoxy groups -OCH3 is 1. The highest BCUT2D eigenvalue weighted by molar-refractivity contribution is 5.73. The van der Waals surface area contributed by atoms with Crippen LogP contribution in [0.4, 0.5) is 13.2 Å². The molecule has 0 saturated carbocycles. The first-order chi connectivity index (χ1) is 11.4. The van der Waals surface area contributed by atoms with Crippen molar-refractivity contribution in [2.45, 2.75) is 31.5 Å². The predicted molar refractivity (Wildman–Crippen MR) is 78.0 cm³/mol. The van der Waals surface area contributed by atoms with Crippen LogP contribution in [0, 0.1) is 0 Å². The molecule has 128 valence electrons. The van der Waals surface area contributed by atoms with Gasteiger partial charge in [-0.25, -0.2) is 0 Å². The molecule has 8 heteroatoms. The van der Waals surface area contributed by atoms with E-state index in [9.17, 15) is 18.0 Å². The minimum Gasteiger partial charge on any atom is -0.497 e. The molecule has 5 nitrogen and oxygen atoms in total. The van der Waals surface area contributed by atoms with Gasteiger partial charge in [0.2, 0.25) is 0 Å². The topological polar surface area (TPSA) is 53.4 Å². The van der Waals surface area contributed by atoms with Crippen LogP contribution in [0.2, 0.25) is 0 Å². The van der Waals surface area contributed by atoms with Crippen LogP contribution < -0.4 is 9.47 Å². The number of halogens is 3. The van der Waals surface area contributed by atoms with E-state index in [1.807, 2.05) is 0 Å². The molecule has 1 aliphatic heterocycles. The van der Waals surface area contributed by atoms with E-state index in [2.05, 4.69) is 5.10 Å². The normalized spacial score (nSPS) is 17.8. The Kier molecular flexibility index (Phi) is 4.21. The first kappa shape index (κ1) is 16.4. The first-order valence-electron chi connectivity index (χ1n) is 7.34. The monoisotopic (exact) mass is 340 g/mol. The lowest BCUT2D eigenvalue weighted by Gasteiger charge is -2.20. The summed E-state index contributed by atoms with van der Waals surface area (Å²) in [5.41, 5.74) is 0.655. The van der Waals surface area contributed by atoms with Crippen molar-refractivity contribution in [3.63, 3.8) is 0 Å². The molecule has 24 heavy (non-hydrogen) atoms. The highest BCUT2D eigenvalue weighted by Gasteiger charge is 2.46. The molecule has 0 bridgehead atoms. The summed E-state index contributed by atoms with van der Waals surface area (Å²) in [6.45, 7) is 0.142. The van der Waals surface area contributed by atoms with Crippen molar-refractivity contribution in [3.05, 3.63) is 41.7 Å². The number of nitrogens with zero attached hydrogens (tertiary/aromatic N) is 2. The van der Waals surface area contributed by atoms with Crippen LogP contribution in [0.25, 0.3) is 0 Å². The summed E-state index contributed by atoms with van der Waals surface area (Å²) in [5.74, 6) is -1.92. The molecule has 0 spiro atoms. The molecule has 0 N–H and O–H groups in total. The van der Waals surface area contributed by atoms with Crippen LogP contribution in [0.15, 0.2) is 30.5 Å². The maximum Gasteiger partial charge on any atom is 0.397 e. The first-order valence-corrected chi connectivity index (χ1v) is 7.34. The third-order valence-corrected chi connectivity index (χ3v) is 3.92. The number of ether oxygens (including phenoxy) is 2. The van der Waals surface area contributed by atoms with Gasteiger partial charge in [-0.05, 0) is 24.1 Å². The molecular formula is C16H15F3N2O3. The van der Waals surface area contributed by atoms with Crippen LogP contribution in [0.5, 0.6) is 11.5 Å². The molecule has 0 fully saturated rings. The second kappa shape index (κ2) is 6.18. The lowest BCUT2D eigenvalue weighted by Crippen LogP contribution is -2.24. The number of rotatable bonds is 3. The minimum absolute atomic E-state index is 0.107. The van der Waals surface area contributed by atoms with E-state index in [0.717, 1.165) is 5.56 Å². The molecule has 2 heterocycles. The fourth-order valence-corrected chi connectivity index (χ4v) is 2.73. The standard InChI is InChI=1S/C16H15F3N2O3/c1-23-11-4-2-10(3-5-11)9-21-15-12(16(17,18)19)6-7-14(22)24-13(15)8-20-21/h2-5,8,12H,6-7,9H2,1H3. The summed E-state index contributed by atoms with van der Waals surface area (Å²) in [6, 6.07) is 6.94. The van der Waals surface area contributed by atoms with Gasteiger partial charge in [-0.3, -0.25) is 9.48 Å². The Hall–Kier alpha value is -2.51. The highest BCUT2D eigenvalue weighted by Crippen LogP contribution is 2.43. The average molecular weight is 340 g/mol. The third kappa shape index (κ3) is 3.22. The fourth-order valence-electron chi connectivity index (χ4n) is 2.73. The molecule has 1 aromatic carbocycles. The molecule has 2 aromatic rings. The van der Waals surface area contributed by atoms with E-state index >= 15 is 0 Å². The molecule has 1 atom stereocenters. The van der Waals surface area contributed by atoms with Crippen LogP contribution >= 0.6 is 0 Å². The van der Waals surface area contributed by atoms with Crippen molar-refractivity contribution < 1.29 is 27.4 Å². The molecule has 3 rings (SSSR count). The minimum atomic E-state index is -4.47. The van der Waals surface area contributed by atoms with Gasteiger partial charge in [-0.1, -0.05) is 12.1 Å². The zero-order valence-electron chi connectivity index (χ0n) is 12.8. The second-order valence-electron chi connectivity index (χ2n) is 5.51.